The molecule has 0 radical (unpaired) electrons. The largest absolute Gasteiger partial charge is 0.343 e. The zero-order chi connectivity index (χ0) is 15.0. The second-order valence-corrected chi connectivity index (χ2v) is 6.32. The van der Waals surface area contributed by atoms with E-state index in [1.807, 2.05) is 30.3 Å². The second-order valence-electron chi connectivity index (χ2n) is 4.33. The van der Waals surface area contributed by atoms with Crippen molar-refractivity contribution in [2.75, 3.05) is 5.32 Å². The van der Waals surface area contributed by atoms with Crippen molar-refractivity contribution in [1.29, 1.82) is 5.26 Å². The highest BCUT2D eigenvalue weighted by molar-refractivity contribution is 9.10. The normalized spacial score (nSPS) is 10.5. The molecule has 0 amide bonds. The summed E-state index contributed by atoms with van der Waals surface area (Å²) in [6, 6.07) is 9.53. The van der Waals surface area contributed by atoms with Crippen LogP contribution in [0.2, 0.25) is 0 Å². The molecule has 0 bridgehead atoms. The van der Waals surface area contributed by atoms with Crippen molar-refractivity contribution in [2.45, 2.75) is 0 Å². The minimum atomic E-state index is -0.292. The summed E-state index contributed by atoms with van der Waals surface area (Å²) in [6.07, 6.45) is 1.72. The minimum Gasteiger partial charge on any atom is -0.343 e. The molecule has 0 saturated carbocycles. The molecule has 0 aliphatic rings. The average Bonchev–Trinajstić information content (AvgIpc) is 2.76. The Morgan fingerprint density at radius 3 is 3.00 bits per heavy atom. The molecule has 7 heteroatoms. The third-order valence-corrected chi connectivity index (χ3v) is 4.63. The number of hydrogen-bond donors (Lipinski definition) is 1. The number of aryl methyl sites for hydroxylation is 1. The molecule has 0 unspecified atom stereocenters. The molecule has 2 heterocycles. The van der Waals surface area contributed by atoms with Crippen LogP contribution in [0.3, 0.4) is 0 Å². The van der Waals surface area contributed by atoms with E-state index in [2.05, 4.69) is 26.2 Å². The lowest BCUT2D eigenvalue weighted by atomic mass is 10.2. The van der Waals surface area contributed by atoms with Gasteiger partial charge in [-0.1, -0.05) is 0 Å². The van der Waals surface area contributed by atoms with Crippen molar-refractivity contribution in [3.8, 4) is 6.07 Å². The van der Waals surface area contributed by atoms with Crippen molar-refractivity contribution < 1.29 is 0 Å². The van der Waals surface area contributed by atoms with Gasteiger partial charge in [-0.25, -0.2) is 0 Å². The summed E-state index contributed by atoms with van der Waals surface area (Å²) in [5.41, 5.74) is 1.46. The maximum Gasteiger partial charge on any atom is 0.280 e. The molecule has 0 aliphatic heterocycles. The molecular weight excluding hydrogens is 352 g/mol. The Bertz CT molecular complexity index is 938. The van der Waals surface area contributed by atoms with Gasteiger partial charge in [-0.15, -0.1) is 0 Å². The Balaban J connectivity index is 2.19. The quantitative estimate of drug-likeness (QED) is 0.760. The van der Waals surface area contributed by atoms with Gasteiger partial charge in [0.2, 0.25) is 0 Å². The lowest BCUT2D eigenvalue weighted by Crippen LogP contribution is -2.11. The topological polar surface area (TPSA) is 70.7 Å². The summed E-state index contributed by atoms with van der Waals surface area (Å²) in [4.78, 5) is 16.1. The number of nitrogens with one attached hydrogen (secondary N) is 1. The molecule has 1 aromatic carbocycles. The minimum absolute atomic E-state index is 0.121. The van der Waals surface area contributed by atoms with Crippen molar-refractivity contribution >= 4 is 49.1 Å². The fourth-order valence-electron chi connectivity index (χ4n) is 2.03. The summed E-state index contributed by atoms with van der Waals surface area (Å²) >= 11 is 4.70. The molecule has 0 saturated heterocycles. The van der Waals surface area contributed by atoms with Crippen LogP contribution in [-0.4, -0.2) is 8.94 Å². The lowest BCUT2D eigenvalue weighted by Gasteiger charge is -2.10. The van der Waals surface area contributed by atoms with Crippen LogP contribution in [0.1, 0.15) is 5.56 Å². The van der Waals surface area contributed by atoms with E-state index in [1.165, 1.54) is 15.5 Å². The molecule has 104 valence electrons. The fraction of sp³-hybridized carbons (Fsp3) is 0.0714. The summed E-state index contributed by atoms with van der Waals surface area (Å²) in [5.74, 6) is 0. The van der Waals surface area contributed by atoms with E-state index in [1.54, 1.807) is 13.2 Å². The fourth-order valence-corrected chi connectivity index (χ4v) is 3.29. The highest BCUT2D eigenvalue weighted by Crippen LogP contribution is 2.34. The van der Waals surface area contributed by atoms with E-state index < -0.39 is 0 Å². The molecule has 21 heavy (non-hydrogen) atoms. The third-order valence-electron chi connectivity index (χ3n) is 3.04. The van der Waals surface area contributed by atoms with Crippen LogP contribution < -0.4 is 10.9 Å². The van der Waals surface area contributed by atoms with E-state index in [9.17, 15) is 4.79 Å². The van der Waals surface area contributed by atoms with Gasteiger partial charge in [-0.3, -0.25) is 13.7 Å². The van der Waals surface area contributed by atoms with Gasteiger partial charge in [-0.05, 0) is 51.7 Å². The van der Waals surface area contributed by atoms with Crippen molar-refractivity contribution in [3.05, 3.63) is 50.9 Å². The number of pyridine rings is 1. The predicted molar refractivity (Wildman–Crippen MR) is 87.0 cm³/mol. The number of nitriles is 1. The van der Waals surface area contributed by atoms with Gasteiger partial charge in [0.15, 0.2) is 5.56 Å². The molecule has 3 rings (SSSR count). The molecule has 0 aliphatic carbocycles. The first-order valence-corrected chi connectivity index (χ1v) is 7.59. The number of anilines is 2. The summed E-state index contributed by atoms with van der Waals surface area (Å²) < 4.78 is 2.27. The smallest absolute Gasteiger partial charge is 0.280 e. The number of halogens is 1. The maximum atomic E-state index is 11.8. The van der Waals surface area contributed by atoms with E-state index in [4.69, 9.17) is 5.26 Å². The Morgan fingerprint density at radius 1 is 1.43 bits per heavy atom. The number of fused-ring (bicyclic) bond motifs is 1. The predicted octanol–water partition coefficient (Wildman–Crippen LogP) is 3.37. The van der Waals surface area contributed by atoms with E-state index in [-0.39, 0.29) is 11.1 Å². The highest BCUT2D eigenvalue weighted by Gasteiger charge is 2.15. The number of rotatable bonds is 2. The van der Waals surface area contributed by atoms with Crippen LogP contribution in [0.15, 0.2) is 39.7 Å². The van der Waals surface area contributed by atoms with Crippen LogP contribution >= 0.6 is 27.5 Å². The summed E-state index contributed by atoms with van der Waals surface area (Å²) in [6.45, 7) is 0. The maximum absolute atomic E-state index is 11.8. The third kappa shape index (κ3) is 2.33. The highest BCUT2D eigenvalue weighted by atomic mass is 79.9. The number of nitrogens with zero attached hydrogens (tertiary/aromatic N) is 3. The monoisotopic (exact) mass is 360 g/mol. The lowest BCUT2D eigenvalue weighted by molar-refractivity contribution is 0.976. The van der Waals surface area contributed by atoms with Gasteiger partial charge >= 0.3 is 0 Å². The first-order chi connectivity index (χ1) is 10.1. The number of hydrogen-bond acceptors (Lipinski definition) is 5. The number of benzene rings is 1. The zero-order valence-electron chi connectivity index (χ0n) is 10.9. The van der Waals surface area contributed by atoms with Crippen LogP contribution in [0.4, 0.5) is 10.7 Å². The van der Waals surface area contributed by atoms with Crippen LogP contribution in [0.5, 0.6) is 0 Å². The van der Waals surface area contributed by atoms with Crippen molar-refractivity contribution in [1.82, 2.24) is 8.94 Å². The average molecular weight is 361 g/mol. The second kappa shape index (κ2) is 5.31. The Morgan fingerprint density at radius 2 is 2.24 bits per heavy atom. The first-order valence-electron chi connectivity index (χ1n) is 6.02. The molecular formula is C14H9BrN4OS. The Hall–Kier alpha value is -2.17. The van der Waals surface area contributed by atoms with Crippen LogP contribution in [-0.2, 0) is 7.05 Å². The summed E-state index contributed by atoms with van der Waals surface area (Å²) in [7, 11) is 1.64. The van der Waals surface area contributed by atoms with E-state index in [0.29, 0.717) is 5.00 Å². The van der Waals surface area contributed by atoms with Gasteiger partial charge in [0.05, 0.1) is 11.2 Å². The Labute approximate surface area is 132 Å². The summed E-state index contributed by atoms with van der Waals surface area (Å²) in [5, 5.41) is 13.8. The number of aromatic nitrogens is 2. The Kier molecular flexibility index (Phi) is 3.49. The van der Waals surface area contributed by atoms with Gasteiger partial charge in [0.25, 0.3) is 5.56 Å². The van der Waals surface area contributed by atoms with Gasteiger partial charge < -0.3 is 5.32 Å². The molecule has 0 fully saturated rings. The molecule has 3 aromatic rings. The van der Waals surface area contributed by atoms with Crippen LogP contribution in [0.25, 0.3) is 10.9 Å². The first kappa shape index (κ1) is 13.8. The van der Waals surface area contributed by atoms with E-state index in [0.717, 1.165) is 21.1 Å². The van der Waals surface area contributed by atoms with Gasteiger partial charge in [0.1, 0.15) is 11.1 Å². The SMILES string of the molecule is Cn1sc(Nc2c(Br)ccc3ncccc23)c(C#N)c1=O. The zero-order valence-corrected chi connectivity index (χ0v) is 13.3. The van der Waals surface area contributed by atoms with Crippen LogP contribution in [0, 0.1) is 11.3 Å². The molecule has 0 spiro atoms. The standard InChI is InChI=1S/C14H9BrN4OS/c1-19-14(20)9(7-16)13(21-19)18-12-8-3-2-6-17-11(8)5-4-10(12)15/h2-6,18H,1H3. The van der Waals surface area contributed by atoms with Crippen molar-refractivity contribution in [3.63, 3.8) is 0 Å². The molecule has 1 N–H and O–H groups in total. The van der Waals surface area contributed by atoms with Gasteiger partial charge in [-0.2, -0.15) is 5.26 Å². The molecule has 2 aromatic heterocycles. The van der Waals surface area contributed by atoms with Gasteiger partial charge in [0, 0.05) is 23.1 Å². The van der Waals surface area contributed by atoms with Crippen molar-refractivity contribution in [2.24, 2.45) is 7.05 Å². The van der Waals surface area contributed by atoms with E-state index >= 15 is 0 Å². The molecule has 5 nitrogen and oxygen atoms in total. The molecule has 0 atom stereocenters.